The zero-order chi connectivity index (χ0) is 15.8. The second-order valence-electron chi connectivity index (χ2n) is 3.82. The summed E-state index contributed by atoms with van der Waals surface area (Å²) in [5.41, 5.74) is -1.86. The number of rotatable bonds is 4. The van der Waals surface area contributed by atoms with E-state index >= 15 is 0 Å². The third-order valence-corrected chi connectivity index (χ3v) is 3.88. The highest BCUT2D eigenvalue weighted by Gasteiger charge is 2.73. The molecule has 0 aromatic heterocycles. The molecule has 1 aromatic carbocycles. The van der Waals surface area contributed by atoms with Crippen LogP contribution in [0.25, 0.3) is 0 Å². The first-order valence-electron chi connectivity index (χ1n) is 4.99. The molecule has 10 heteroatoms. The first-order valence-corrected chi connectivity index (χ1v) is 8.72. The van der Waals surface area contributed by atoms with Gasteiger partial charge in [0, 0.05) is 5.56 Å². The second-order valence-corrected chi connectivity index (χ2v) is 8.17. The van der Waals surface area contributed by atoms with Gasteiger partial charge in [0.2, 0.25) is 0 Å². The molecule has 1 rings (SSSR count). The van der Waals surface area contributed by atoms with E-state index in [4.69, 9.17) is 22.2 Å². The van der Waals surface area contributed by atoms with Crippen molar-refractivity contribution in [2.45, 2.75) is 24.1 Å². The summed E-state index contributed by atoms with van der Waals surface area (Å²) in [5, 5.41) is 0. The Morgan fingerprint density at radius 3 is 1.85 bits per heavy atom. The van der Waals surface area contributed by atoms with Gasteiger partial charge in [0.15, 0.2) is 0 Å². The zero-order valence-corrected chi connectivity index (χ0v) is 11.9. The highest BCUT2D eigenvalue weighted by molar-refractivity contribution is 7.33. The van der Waals surface area contributed by atoms with Crippen LogP contribution in [0.1, 0.15) is 11.1 Å². The first-order chi connectivity index (χ1) is 8.91. The molecule has 1 aromatic rings. The second kappa shape index (κ2) is 5.73. The van der Waals surface area contributed by atoms with Crippen LogP contribution in [0.2, 0.25) is 0 Å². The maximum Gasteiger partial charge on any atom is 0.460 e. The van der Waals surface area contributed by atoms with Crippen LogP contribution in [-0.2, 0) is 12.0 Å². The number of benzene rings is 1. The van der Waals surface area contributed by atoms with E-state index in [2.05, 4.69) is 0 Å². The Labute approximate surface area is 120 Å². The van der Waals surface area contributed by atoms with E-state index in [1.54, 1.807) is 0 Å². The molecule has 0 aliphatic carbocycles. The van der Waals surface area contributed by atoms with Gasteiger partial charge in [-0.3, -0.25) is 0 Å². The minimum Gasteiger partial charge on any atom is -0.194 e. The molecule has 0 aliphatic rings. The standard InChI is InChI=1S/C10H6Cl2F7Si/c11-20(12)5-6-3-1-2-4-7(6)8(13,14)9(15,16)10(17,18)19/h1-4H,5H2. The lowest BCUT2D eigenvalue weighted by molar-refractivity contribution is -0.359. The topological polar surface area (TPSA) is 0 Å². The Morgan fingerprint density at radius 2 is 1.40 bits per heavy atom. The molecule has 0 saturated carbocycles. The van der Waals surface area contributed by atoms with Crippen molar-refractivity contribution in [1.29, 1.82) is 0 Å². The van der Waals surface area contributed by atoms with Crippen LogP contribution in [0.5, 0.6) is 0 Å². The first kappa shape index (κ1) is 17.6. The predicted octanol–water partition coefficient (Wildman–Crippen LogP) is 5.02. The highest BCUT2D eigenvalue weighted by atomic mass is 35.7. The molecule has 0 bridgehead atoms. The fourth-order valence-electron chi connectivity index (χ4n) is 1.47. The summed E-state index contributed by atoms with van der Waals surface area (Å²) in [4.78, 5) is 0. The van der Waals surface area contributed by atoms with Crippen LogP contribution in [0.15, 0.2) is 24.3 Å². The number of halogens is 9. The molecule has 0 N–H and O–H groups in total. The van der Waals surface area contributed by atoms with E-state index in [1.807, 2.05) is 0 Å². The normalized spacial score (nSPS) is 13.9. The average molecular weight is 358 g/mol. The lowest BCUT2D eigenvalue weighted by atomic mass is 9.97. The summed E-state index contributed by atoms with van der Waals surface area (Å²) >= 11 is 10.9. The smallest absolute Gasteiger partial charge is 0.194 e. The number of hydrogen-bond donors (Lipinski definition) is 0. The number of hydrogen-bond acceptors (Lipinski definition) is 0. The quantitative estimate of drug-likeness (QED) is 0.403. The SMILES string of the molecule is FC(F)(F)C(F)(F)C(F)(F)c1ccccc1C[Si](Cl)Cl. The molecule has 0 fully saturated rings. The van der Waals surface area contributed by atoms with Crippen LogP contribution in [0.3, 0.4) is 0 Å². The molecule has 0 nitrogen and oxygen atoms in total. The van der Waals surface area contributed by atoms with E-state index in [-0.39, 0.29) is 6.04 Å². The Hall–Kier alpha value is -0.473. The van der Waals surface area contributed by atoms with Crippen molar-refractivity contribution in [3.63, 3.8) is 0 Å². The Bertz CT molecular complexity index is 473. The van der Waals surface area contributed by atoms with Crippen LogP contribution in [-0.4, -0.2) is 19.5 Å². The lowest BCUT2D eigenvalue weighted by Crippen LogP contribution is -2.50. The maximum absolute atomic E-state index is 13.6. The van der Waals surface area contributed by atoms with E-state index in [0.717, 1.165) is 12.1 Å². The summed E-state index contributed by atoms with van der Waals surface area (Å²) in [6.45, 7) is 0. The molecule has 1 radical (unpaired) electrons. The molecule has 0 spiro atoms. The molecular weight excluding hydrogens is 352 g/mol. The van der Waals surface area contributed by atoms with Gasteiger partial charge >= 0.3 is 18.0 Å². The van der Waals surface area contributed by atoms with Crippen LogP contribution in [0, 0.1) is 0 Å². The fourth-order valence-corrected chi connectivity index (χ4v) is 2.93. The molecule has 0 atom stereocenters. The van der Waals surface area contributed by atoms with Crippen LogP contribution in [0.4, 0.5) is 30.7 Å². The van der Waals surface area contributed by atoms with Crippen LogP contribution < -0.4 is 0 Å². The van der Waals surface area contributed by atoms with Gasteiger partial charge in [0.25, 0.3) is 7.42 Å². The van der Waals surface area contributed by atoms with Crippen molar-refractivity contribution in [3.8, 4) is 0 Å². The zero-order valence-electron chi connectivity index (χ0n) is 9.42. The largest absolute Gasteiger partial charge is 0.460 e. The van der Waals surface area contributed by atoms with E-state index in [0.29, 0.717) is 6.07 Å². The van der Waals surface area contributed by atoms with Gasteiger partial charge in [-0.15, -0.1) is 22.2 Å². The van der Waals surface area contributed by atoms with Gasteiger partial charge in [-0.2, -0.15) is 30.7 Å². The average Bonchev–Trinajstić information content (AvgIpc) is 2.26. The van der Waals surface area contributed by atoms with Gasteiger partial charge in [-0.05, 0) is 11.6 Å². The van der Waals surface area contributed by atoms with Crippen molar-refractivity contribution >= 4 is 29.6 Å². The molecule has 0 heterocycles. The third-order valence-electron chi connectivity index (χ3n) is 2.43. The molecule has 0 saturated heterocycles. The molecule has 0 amide bonds. The molecule has 0 unspecified atom stereocenters. The van der Waals surface area contributed by atoms with Gasteiger partial charge in [-0.25, -0.2) is 0 Å². The van der Waals surface area contributed by atoms with Crippen LogP contribution >= 0.6 is 22.2 Å². The highest BCUT2D eigenvalue weighted by Crippen LogP contribution is 2.52. The molecule has 0 aliphatic heterocycles. The van der Waals surface area contributed by atoms with Crippen molar-refractivity contribution in [1.82, 2.24) is 0 Å². The van der Waals surface area contributed by atoms with Gasteiger partial charge in [0.05, 0.1) is 0 Å². The molecular formula is C10H6Cl2F7Si. The molecule has 20 heavy (non-hydrogen) atoms. The van der Waals surface area contributed by atoms with E-state index < -0.39 is 36.6 Å². The Balaban J connectivity index is 3.35. The van der Waals surface area contributed by atoms with Gasteiger partial charge < -0.3 is 0 Å². The monoisotopic (exact) mass is 357 g/mol. The predicted molar refractivity (Wildman–Crippen MR) is 62.5 cm³/mol. The van der Waals surface area contributed by atoms with Crippen molar-refractivity contribution in [2.75, 3.05) is 0 Å². The fraction of sp³-hybridized carbons (Fsp3) is 0.400. The van der Waals surface area contributed by atoms with Gasteiger partial charge in [-0.1, -0.05) is 24.3 Å². The Morgan fingerprint density at radius 1 is 0.900 bits per heavy atom. The summed E-state index contributed by atoms with van der Waals surface area (Å²) in [6.07, 6.45) is -6.38. The van der Waals surface area contributed by atoms with Crippen molar-refractivity contribution in [2.24, 2.45) is 0 Å². The van der Waals surface area contributed by atoms with E-state index in [1.165, 1.54) is 6.07 Å². The summed E-state index contributed by atoms with van der Waals surface area (Å²) in [7, 11) is -2.16. The maximum atomic E-state index is 13.6. The summed E-state index contributed by atoms with van der Waals surface area (Å²) in [6, 6.07) is 3.28. The minimum absolute atomic E-state index is 0.381. The minimum atomic E-state index is -6.38. The lowest BCUT2D eigenvalue weighted by Gasteiger charge is -2.29. The summed E-state index contributed by atoms with van der Waals surface area (Å²) < 4.78 is 89.5. The van der Waals surface area contributed by atoms with Crippen molar-refractivity contribution in [3.05, 3.63) is 35.4 Å². The molecule has 113 valence electrons. The Kier molecular flexibility index (Phi) is 5.03. The number of alkyl halides is 7. The summed E-state index contributed by atoms with van der Waals surface area (Å²) in [5.74, 6) is -11.6. The van der Waals surface area contributed by atoms with E-state index in [9.17, 15) is 30.7 Å². The third kappa shape index (κ3) is 3.23. The van der Waals surface area contributed by atoms with Crippen molar-refractivity contribution < 1.29 is 30.7 Å². The van der Waals surface area contributed by atoms with Gasteiger partial charge in [0.1, 0.15) is 0 Å².